The van der Waals surface area contributed by atoms with Crippen LogP contribution in [0.1, 0.15) is 26.2 Å². The first-order valence-corrected chi connectivity index (χ1v) is 3.63. The fraction of sp³-hybridized carbons (Fsp3) is 0.750. The van der Waals surface area contributed by atoms with Crippen LogP contribution in [0.4, 0.5) is 0 Å². The van der Waals surface area contributed by atoms with Crippen LogP contribution in [-0.2, 0) is 0 Å². The van der Waals surface area contributed by atoms with Gasteiger partial charge in [0.25, 0.3) is 0 Å². The normalized spacial score (nSPS) is 16.3. The van der Waals surface area contributed by atoms with Crippen molar-refractivity contribution in [3.63, 3.8) is 0 Å². The first kappa shape index (κ1) is 9.66. The largest absolute Gasteiger partial charge is 0.393 e. The first-order chi connectivity index (χ1) is 4.66. The molecule has 0 rings (SSSR count). The molecule has 0 aromatic carbocycles. The molecular formula is C8H16O2. The fourth-order valence-electron chi connectivity index (χ4n) is 0.822. The smallest absolute Gasteiger partial charge is 0.0567 e. The van der Waals surface area contributed by atoms with E-state index in [2.05, 4.69) is 6.58 Å². The minimum atomic E-state index is -0.403. The van der Waals surface area contributed by atoms with E-state index in [4.69, 9.17) is 10.2 Å². The zero-order valence-corrected chi connectivity index (χ0v) is 6.45. The summed E-state index contributed by atoms with van der Waals surface area (Å²) in [7, 11) is 0. The maximum Gasteiger partial charge on any atom is 0.0567 e. The number of hydrogen-bond acceptors (Lipinski definition) is 2. The highest BCUT2D eigenvalue weighted by Crippen LogP contribution is 2.04. The lowest BCUT2D eigenvalue weighted by atomic mass is 10.1. The summed E-state index contributed by atoms with van der Waals surface area (Å²) in [5.74, 6) is 0. The predicted molar refractivity (Wildman–Crippen MR) is 41.7 cm³/mol. The Hall–Kier alpha value is -0.340. The van der Waals surface area contributed by atoms with Gasteiger partial charge in [0.05, 0.1) is 12.2 Å². The molecule has 0 spiro atoms. The molecule has 0 unspecified atom stereocenters. The van der Waals surface area contributed by atoms with E-state index in [-0.39, 0.29) is 6.10 Å². The zero-order valence-electron chi connectivity index (χ0n) is 6.45. The maximum absolute atomic E-state index is 9.14. The summed E-state index contributed by atoms with van der Waals surface area (Å²) < 4.78 is 0. The molecule has 60 valence electrons. The second-order valence-corrected chi connectivity index (χ2v) is 2.60. The van der Waals surface area contributed by atoms with Gasteiger partial charge in [-0.3, -0.25) is 0 Å². The molecule has 0 aromatic heterocycles. The topological polar surface area (TPSA) is 40.5 Å². The highest BCUT2D eigenvalue weighted by molar-refractivity contribution is 4.70. The molecule has 2 heteroatoms. The standard InChI is InChI=1S/C8H16O2/c1-3-4-5-8(10)6-7(2)9/h3,7-10H,1,4-6H2,2H3/t7-,8+/m1/s1. The lowest BCUT2D eigenvalue weighted by molar-refractivity contribution is 0.0859. The van der Waals surface area contributed by atoms with Gasteiger partial charge in [0.15, 0.2) is 0 Å². The van der Waals surface area contributed by atoms with E-state index in [9.17, 15) is 0 Å². The van der Waals surface area contributed by atoms with E-state index < -0.39 is 6.10 Å². The molecule has 0 aliphatic heterocycles. The average molecular weight is 144 g/mol. The van der Waals surface area contributed by atoms with Crippen molar-refractivity contribution in [1.82, 2.24) is 0 Å². The van der Waals surface area contributed by atoms with Gasteiger partial charge in [-0.1, -0.05) is 6.08 Å². The summed E-state index contributed by atoms with van der Waals surface area (Å²) in [6, 6.07) is 0. The Morgan fingerprint density at radius 1 is 1.50 bits per heavy atom. The lowest BCUT2D eigenvalue weighted by Gasteiger charge is -2.10. The molecule has 0 aliphatic carbocycles. The number of hydrogen-bond donors (Lipinski definition) is 2. The average Bonchev–Trinajstić information content (AvgIpc) is 1.82. The summed E-state index contributed by atoms with van der Waals surface area (Å²) in [6.07, 6.45) is 2.97. The van der Waals surface area contributed by atoms with E-state index in [1.54, 1.807) is 13.0 Å². The Balaban J connectivity index is 3.24. The third-order valence-electron chi connectivity index (χ3n) is 1.32. The van der Waals surface area contributed by atoms with Gasteiger partial charge in [-0.2, -0.15) is 0 Å². The summed E-state index contributed by atoms with van der Waals surface area (Å²) in [5, 5.41) is 18.0. The van der Waals surface area contributed by atoms with Crippen molar-refractivity contribution in [3.8, 4) is 0 Å². The number of rotatable bonds is 5. The van der Waals surface area contributed by atoms with E-state index in [1.807, 2.05) is 0 Å². The Kier molecular flexibility index (Phi) is 5.26. The van der Waals surface area contributed by atoms with Gasteiger partial charge in [0.2, 0.25) is 0 Å². The number of aliphatic hydroxyl groups excluding tert-OH is 2. The lowest BCUT2D eigenvalue weighted by Crippen LogP contribution is -2.14. The summed E-state index contributed by atoms with van der Waals surface area (Å²) >= 11 is 0. The molecule has 0 aliphatic rings. The van der Waals surface area contributed by atoms with Gasteiger partial charge in [0.1, 0.15) is 0 Å². The predicted octanol–water partition coefficient (Wildman–Crippen LogP) is 1.08. The van der Waals surface area contributed by atoms with Gasteiger partial charge in [0, 0.05) is 0 Å². The molecule has 0 radical (unpaired) electrons. The van der Waals surface area contributed by atoms with Crippen LogP contribution in [0.3, 0.4) is 0 Å². The molecule has 10 heavy (non-hydrogen) atoms. The van der Waals surface area contributed by atoms with E-state index in [1.165, 1.54) is 0 Å². The molecular weight excluding hydrogens is 128 g/mol. The van der Waals surface area contributed by atoms with E-state index in [0.29, 0.717) is 12.8 Å². The minimum Gasteiger partial charge on any atom is -0.393 e. The van der Waals surface area contributed by atoms with Gasteiger partial charge in [-0.15, -0.1) is 6.58 Å². The minimum absolute atomic E-state index is 0.377. The van der Waals surface area contributed by atoms with Gasteiger partial charge in [-0.25, -0.2) is 0 Å². The number of allylic oxidation sites excluding steroid dienone is 1. The van der Waals surface area contributed by atoms with Gasteiger partial charge < -0.3 is 10.2 Å². The molecule has 0 amide bonds. The first-order valence-electron chi connectivity index (χ1n) is 3.63. The van der Waals surface area contributed by atoms with Crippen LogP contribution in [0, 0.1) is 0 Å². The van der Waals surface area contributed by atoms with Crippen LogP contribution in [-0.4, -0.2) is 22.4 Å². The second-order valence-electron chi connectivity index (χ2n) is 2.60. The molecule has 0 saturated heterocycles. The third kappa shape index (κ3) is 5.79. The van der Waals surface area contributed by atoms with Crippen LogP contribution >= 0.6 is 0 Å². The highest BCUT2D eigenvalue weighted by atomic mass is 16.3. The Morgan fingerprint density at radius 2 is 2.10 bits per heavy atom. The molecule has 0 fully saturated rings. The summed E-state index contributed by atoms with van der Waals surface area (Å²) in [4.78, 5) is 0. The Bertz CT molecular complexity index is 89.3. The van der Waals surface area contributed by atoms with E-state index >= 15 is 0 Å². The molecule has 0 saturated carbocycles. The zero-order chi connectivity index (χ0) is 7.98. The molecule has 2 N–H and O–H groups in total. The molecule has 0 bridgehead atoms. The number of aliphatic hydroxyl groups is 2. The van der Waals surface area contributed by atoms with Crippen molar-refractivity contribution in [2.24, 2.45) is 0 Å². The summed E-state index contributed by atoms with van der Waals surface area (Å²) in [5.41, 5.74) is 0. The maximum atomic E-state index is 9.14. The van der Waals surface area contributed by atoms with Crippen LogP contribution in [0.15, 0.2) is 12.7 Å². The molecule has 0 aromatic rings. The van der Waals surface area contributed by atoms with Crippen LogP contribution in [0.5, 0.6) is 0 Å². The van der Waals surface area contributed by atoms with Gasteiger partial charge >= 0.3 is 0 Å². The summed E-state index contributed by atoms with van der Waals surface area (Å²) in [6.45, 7) is 5.22. The van der Waals surface area contributed by atoms with Crippen molar-refractivity contribution >= 4 is 0 Å². The molecule has 2 nitrogen and oxygen atoms in total. The van der Waals surface area contributed by atoms with Crippen molar-refractivity contribution in [2.75, 3.05) is 0 Å². The van der Waals surface area contributed by atoms with Crippen molar-refractivity contribution in [2.45, 2.75) is 38.4 Å². The van der Waals surface area contributed by atoms with Crippen LogP contribution in [0.2, 0.25) is 0 Å². The highest BCUT2D eigenvalue weighted by Gasteiger charge is 2.05. The van der Waals surface area contributed by atoms with E-state index in [0.717, 1.165) is 6.42 Å². The third-order valence-corrected chi connectivity index (χ3v) is 1.32. The molecule has 0 heterocycles. The quantitative estimate of drug-likeness (QED) is 0.567. The van der Waals surface area contributed by atoms with Crippen molar-refractivity contribution in [3.05, 3.63) is 12.7 Å². The van der Waals surface area contributed by atoms with Crippen molar-refractivity contribution in [1.29, 1.82) is 0 Å². The Labute approximate surface area is 62.2 Å². The SMILES string of the molecule is C=CCC[C@H](O)C[C@@H](C)O. The molecule has 2 atom stereocenters. The van der Waals surface area contributed by atoms with Crippen LogP contribution in [0.25, 0.3) is 0 Å². The Morgan fingerprint density at radius 3 is 2.50 bits per heavy atom. The second kappa shape index (κ2) is 5.45. The van der Waals surface area contributed by atoms with Crippen molar-refractivity contribution < 1.29 is 10.2 Å². The van der Waals surface area contributed by atoms with Crippen LogP contribution < -0.4 is 0 Å². The fourth-order valence-corrected chi connectivity index (χ4v) is 0.822. The van der Waals surface area contributed by atoms with Gasteiger partial charge in [-0.05, 0) is 26.2 Å². The monoisotopic (exact) mass is 144 g/mol.